The molecule has 102 valence electrons. The van der Waals surface area contributed by atoms with E-state index in [4.69, 9.17) is 5.11 Å². The van der Waals surface area contributed by atoms with Crippen molar-refractivity contribution in [3.05, 3.63) is 35.4 Å². The van der Waals surface area contributed by atoms with Crippen LogP contribution in [-0.2, 0) is 6.54 Å². The molecule has 1 saturated heterocycles. The highest BCUT2D eigenvalue weighted by atomic mass is 16.3. The smallest absolute Gasteiger partial charge is 0.104 e. The average Bonchev–Trinajstić information content (AvgIpc) is 2.36. The van der Waals surface area contributed by atoms with Crippen LogP contribution in [0.25, 0.3) is 0 Å². The van der Waals surface area contributed by atoms with Crippen LogP contribution < -0.4 is 0 Å². The van der Waals surface area contributed by atoms with Crippen molar-refractivity contribution in [1.82, 2.24) is 4.90 Å². The van der Waals surface area contributed by atoms with E-state index in [2.05, 4.69) is 22.8 Å². The maximum Gasteiger partial charge on any atom is 0.104 e. The van der Waals surface area contributed by atoms with Crippen molar-refractivity contribution >= 4 is 0 Å². The first kappa shape index (κ1) is 14.1. The predicted molar refractivity (Wildman–Crippen MR) is 75.5 cm³/mol. The van der Waals surface area contributed by atoms with Crippen molar-refractivity contribution in [2.75, 3.05) is 19.7 Å². The first-order valence-electron chi connectivity index (χ1n) is 6.73. The van der Waals surface area contributed by atoms with Gasteiger partial charge in [-0.2, -0.15) is 0 Å². The number of aliphatic hydroxyl groups is 2. The van der Waals surface area contributed by atoms with Gasteiger partial charge < -0.3 is 10.2 Å². The van der Waals surface area contributed by atoms with Crippen LogP contribution in [0, 0.1) is 11.8 Å². The number of piperidine rings is 1. The first-order valence-corrected chi connectivity index (χ1v) is 6.73. The molecule has 0 bridgehead atoms. The predicted octanol–water partition coefficient (Wildman–Crippen LogP) is 1.38. The first-order chi connectivity index (χ1) is 9.11. The van der Waals surface area contributed by atoms with Gasteiger partial charge in [-0.25, -0.2) is 0 Å². The summed E-state index contributed by atoms with van der Waals surface area (Å²) in [5, 5.41) is 18.9. The molecule has 1 aliphatic heterocycles. The Morgan fingerprint density at radius 2 is 2.16 bits per heavy atom. The summed E-state index contributed by atoms with van der Waals surface area (Å²) in [6.45, 7) is 4.29. The molecular formula is C16H21NO2. The van der Waals surface area contributed by atoms with Gasteiger partial charge in [0.05, 0.1) is 5.60 Å². The van der Waals surface area contributed by atoms with Gasteiger partial charge in [-0.15, -0.1) is 0 Å². The van der Waals surface area contributed by atoms with Crippen molar-refractivity contribution in [2.24, 2.45) is 0 Å². The maximum atomic E-state index is 10.1. The molecule has 1 unspecified atom stereocenters. The van der Waals surface area contributed by atoms with Crippen molar-refractivity contribution in [3.8, 4) is 11.8 Å². The van der Waals surface area contributed by atoms with Crippen molar-refractivity contribution in [3.63, 3.8) is 0 Å². The zero-order valence-corrected chi connectivity index (χ0v) is 11.4. The Hall–Kier alpha value is -1.34. The third-order valence-corrected chi connectivity index (χ3v) is 3.47. The monoisotopic (exact) mass is 259 g/mol. The third-order valence-electron chi connectivity index (χ3n) is 3.47. The second kappa shape index (κ2) is 6.21. The van der Waals surface area contributed by atoms with E-state index in [0.29, 0.717) is 6.54 Å². The quantitative estimate of drug-likeness (QED) is 0.789. The van der Waals surface area contributed by atoms with Gasteiger partial charge in [0.1, 0.15) is 6.61 Å². The highest BCUT2D eigenvalue weighted by Gasteiger charge is 2.28. The molecule has 0 amide bonds. The van der Waals surface area contributed by atoms with Crippen molar-refractivity contribution < 1.29 is 10.2 Å². The molecule has 19 heavy (non-hydrogen) atoms. The van der Waals surface area contributed by atoms with Crippen LogP contribution in [0.2, 0.25) is 0 Å². The number of nitrogens with zero attached hydrogens (tertiary/aromatic N) is 1. The second-order valence-electron chi connectivity index (χ2n) is 5.43. The van der Waals surface area contributed by atoms with Crippen LogP contribution in [0.5, 0.6) is 0 Å². The van der Waals surface area contributed by atoms with Crippen LogP contribution in [0.4, 0.5) is 0 Å². The number of benzene rings is 1. The van der Waals surface area contributed by atoms with E-state index in [1.807, 2.05) is 25.1 Å². The van der Waals surface area contributed by atoms with Gasteiger partial charge in [-0.3, -0.25) is 4.90 Å². The van der Waals surface area contributed by atoms with Crippen LogP contribution in [0.3, 0.4) is 0 Å². The van der Waals surface area contributed by atoms with Gasteiger partial charge >= 0.3 is 0 Å². The largest absolute Gasteiger partial charge is 0.389 e. The molecule has 1 fully saturated rings. The van der Waals surface area contributed by atoms with E-state index in [9.17, 15) is 5.11 Å². The molecule has 0 aliphatic carbocycles. The fourth-order valence-electron chi connectivity index (χ4n) is 2.61. The molecule has 3 heteroatoms. The van der Waals surface area contributed by atoms with E-state index in [1.54, 1.807) is 0 Å². The second-order valence-corrected chi connectivity index (χ2v) is 5.43. The number of likely N-dealkylation sites (tertiary alicyclic amines) is 1. The molecule has 1 heterocycles. The Kier molecular flexibility index (Phi) is 4.60. The summed E-state index contributed by atoms with van der Waals surface area (Å²) < 4.78 is 0. The Morgan fingerprint density at radius 3 is 2.89 bits per heavy atom. The number of rotatable bonds is 2. The lowest BCUT2D eigenvalue weighted by atomic mass is 9.94. The lowest BCUT2D eigenvalue weighted by Gasteiger charge is -2.37. The minimum Gasteiger partial charge on any atom is -0.389 e. The van der Waals surface area contributed by atoms with E-state index in [1.165, 1.54) is 0 Å². The summed E-state index contributed by atoms with van der Waals surface area (Å²) in [5.74, 6) is 5.68. The highest BCUT2D eigenvalue weighted by molar-refractivity contribution is 5.41. The van der Waals surface area contributed by atoms with Gasteiger partial charge in [0, 0.05) is 18.7 Å². The van der Waals surface area contributed by atoms with E-state index < -0.39 is 5.60 Å². The van der Waals surface area contributed by atoms with Crippen LogP contribution in [-0.4, -0.2) is 40.4 Å². The normalized spacial score (nSPS) is 23.7. The van der Waals surface area contributed by atoms with Gasteiger partial charge in [-0.1, -0.05) is 30.0 Å². The summed E-state index contributed by atoms with van der Waals surface area (Å²) >= 11 is 0. The Balaban J connectivity index is 2.10. The van der Waals surface area contributed by atoms with Crippen LogP contribution in [0.1, 0.15) is 30.9 Å². The zero-order valence-electron chi connectivity index (χ0n) is 11.4. The summed E-state index contributed by atoms with van der Waals surface area (Å²) in [6.07, 6.45) is 1.90. The minimum absolute atomic E-state index is 0.118. The van der Waals surface area contributed by atoms with Gasteiger partial charge in [-0.05, 0) is 37.9 Å². The van der Waals surface area contributed by atoms with Gasteiger partial charge in [0.25, 0.3) is 0 Å². The number of β-amino-alcohol motifs (C(OH)–C–C–N with tert-alkyl or cyclic N) is 1. The molecule has 1 aliphatic rings. The van der Waals surface area contributed by atoms with Crippen LogP contribution in [0.15, 0.2) is 24.3 Å². The fraction of sp³-hybridized carbons (Fsp3) is 0.500. The number of aliphatic hydroxyl groups excluding tert-OH is 1. The van der Waals surface area contributed by atoms with Crippen molar-refractivity contribution in [1.29, 1.82) is 0 Å². The molecule has 3 nitrogen and oxygen atoms in total. The summed E-state index contributed by atoms with van der Waals surface area (Å²) in [4.78, 5) is 2.27. The maximum absolute atomic E-state index is 10.1. The summed E-state index contributed by atoms with van der Waals surface area (Å²) in [6, 6.07) is 7.99. The molecule has 0 radical (unpaired) electrons. The van der Waals surface area contributed by atoms with Gasteiger partial charge in [0.2, 0.25) is 0 Å². The van der Waals surface area contributed by atoms with Crippen molar-refractivity contribution in [2.45, 2.75) is 31.9 Å². The Labute approximate surface area is 114 Å². The zero-order chi connectivity index (χ0) is 13.7. The van der Waals surface area contributed by atoms with E-state index >= 15 is 0 Å². The number of hydrogen-bond acceptors (Lipinski definition) is 3. The van der Waals surface area contributed by atoms with Crippen LogP contribution >= 0.6 is 0 Å². The summed E-state index contributed by atoms with van der Waals surface area (Å²) in [7, 11) is 0. The molecule has 2 rings (SSSR count). The molecule has 1 aromatic rings. The van der Waals surface area contributed by atoms with E-state index in [0.717, 1.165) is 37.1 Å². The molecule has 0 saturated carbocycles. The Bertz CT molecular complexity index is 485. The number of hydrogen-bond donors (Lipinski definition) is 2. The molecular weight excluding hydrogens is 238 g/mol. The standard InChI is InChI=1S/C16H21NO2/c1-16(19)9-5-10-17(13-16)12-15-7-3-2-6-14(15)8-4-11-18/h2-3,6-7,18-19H,5,9-13H2,1H3. The highest BCUT2D eigenvalue weighted by Crippen LogP contribution is 2.22. The minimum atomic E-state index is -0.579. The molecule has 1 atom stereocenters. The molecule has 0 spiro atoms. The third kappa shape index (κ3) is 4.07. The van der Waals surface area contributed by atoms with Gasteiger partial charge in [0.15, 0.2) is 0 Å². The topological polar surface area (TPSA) is 43.7 Å². The lowest BCUT2D eigenvalue weighted by molar-refractivity contribution is -0.0181. The molecule has 0 aromatic heterocycles. The molecule has 2 N–H and O–H groups in total. The Morgan fingerprint density at radius 1 is 1.37 bits per heavy atom. The SMILES string of the molecule is CC1(O)CCCN(Cc2ccccc2C#CCO)C1. The lowest BCUT2D eigenvalue weighted by Crippen LogP contribution is -2.45. The molecule has 1 aromatic carbocycles. The van der Waals surface area contributed by atoms with E-state index in [-0.39, 0.29) is 6.61 Å². The fourth-order valence-corrected chi connectivity index (χ4v) is 2.61. The summed E-state index contributed by atoms with van der Waals surface area (Å²) in [5.41, 5.74) is 1.53. The average molecular weight is 259 g/mol.